The van der Waals surface area contributed by atoms with E-state index in [-0.39, 0.29) is 0 Å². The summed E-state index contributed by atoms with van der Waals surface area (Å²) in [7, 11) is 0. The molecule has 94 valence electrons. The van der Waals surface area contributed by atoms with Crippen molar-refractivity contribution in [2.75, 3.05) is 13.1 Å². The van der Waals surface area contributed by atoms with Gasteiger partial charge in [0, 0.05) is 0 Å². The summed E-state index contributed by atoms with van der Waals surface area (Å²) in [6, 6.07) is 15.4. The lowest BCUT2D eigenvalue weighted by Crippen LogP contribution is -2.11. The molecule has 1 heterocycles. The van der Waals surface area contributed by atoms with Crippen LogP contribution in [0.4, 0.5) is 0 Å². The van der Waals surface area contributed by atoms with E-state index in [0.717, 1.165) is 5.92 Å². The Bertz CT molecular complexity index is 521. The molecule has 0 spiro atoms. The van der Waals surface area contributed by atoms with Crippen LogP contribution in [0.1, 0.15) is 31.2 Å². The Morgan fingerprint density at radius 3 is 2.83 bits per heavy atom. The first kappa shape index (κ1) is 11.7. The molecule has 2 aromatic carbocycles. The van der Waals surface area contributed by atoms with Crippen LogP contribution in [0.25, 0.3) is 10.8 Å². The van der Waals surface area contributed by atoms with E-state index in [0.29, 0.717) is 5.92 Å². The van der Waals surface area contributed by atoms with Crippen LogP contribution >= 0.6 is 0 Å². The topological polar surface area (TPSA) is 12.0 Å². The molecular weight excluding hydrogens is 218 g/mol. The standard InChI is InChI=1S/C17H21N/c1-13(11-14-9-10-18-12-14)16-8-4-6-15-5-2-3-7-17(15)16/h2-8,13-14,18H,9-12H2,1H3/t13-,14-/m0/s1. The SMILES string of the molecule is C[C@@H](C[C@@H]1CCNC1)c1cccc2ccccc12. The van der Waals surface area contributed by atoms with E-state index < -0.39 is 0 Å². The second kappa shape index (κ2) is 5.11. The minimum atomic E-state index is 0.654. The highest BCUT2D eigenvalue weighted by atomic mass is 14.9. The summed E-state index contributed by atoms with van der Waals surface area (Å²) in [6.45, 7) is 4.78. The van der Waals surface area contributed by atoms with Crippen molar-refractivity contribution in [2.24, 2.45) is 5.92 Å². The Hall–Kier alpha value is -1.34. The van der Waals surface area contributed by atoms with Crippen molar-refractivity contribution in [3.63, 3.8) is 0 Å². The van der Waals surface area contributed by atoms with Gasteiger partial charge in [-0.05, 0) is 54.1 Å². The second-order valence-corrected chi connectivity index (χ2v) is 5.56. The van der Waals surface area contributed by atoms with Gasteiger partial charge in [0.25, 0.3) is 0 Å². The number of hydrogen-bond donors (Lipinski definition) is 1. The van der Waals surface area contributed by atoms with Crippen LogP contribution in [-0.4, -0.2) is 13.1 Å². The van der Waals surface area contributed by atoms with E-state index >= 15 is 0 Å². The van der Waals surface area contributed by atoms with Crippen molar-refractivity contribution in [3.05, 3.63) is 48.0 Å². The van der Waals surface area contributed by atoms with Crippen molar-refractivity contribution in [1.29, 1.82) is 0 Å². The van der Waals surface area contributed by atoms with Crippen LogP contribution in [0.5, 0.6) is 0 Å². The maximum Gasteiger partial charge on any atom is -0.00198 e. The monoisotopic (exact) mass is 239 g/mol. The molecule has 0 unspecified atom stereocenters. The van der Waals surface area contributed by atoms with Gasteiger partial charge in [-0.1, -0.05) is 49.4 Å². The summed E-state index contributed by atoms with van der Waals surface area (Å²) >= 11 is 0. The van der Waals surface area contributed by atoms with Gasteiger partial charge >= 0.3 is 0 Å². The van der Waals surface area contributed by atoms with Gasteiger partial charge in [0.15, 0.2) is 0 Å². The molecule has 1 nitrogen and oxygen atoms in total. The van der Waals surface area contributed by atoms with E-state index in [1.54, 1.807) is 0 Å². The number of nitrogens with one attached hydrogen (secondary N) is 1. The zero-order chi connectivity index (χ0) is 12.4. The van der Waals surface area contributed by atoms with E-state index in [4.69, 9.17) is 0 Å². The van der Waals surface area contributed by atoms with Crippen molar-refractivity contribution in [1.82, 2.24) is 5.32 Å². The van der Waals surface area contributed by atoms with Crippen molar-refractivity contribution in [2.45, 2.75) is 25.7 Å². The van der Waals surface area contributed by atoms with Crippen LogP contribution < -0.4 is 5.32 Å². The maximum atomic E-state index is 3.47. The molecule has 0 aromatic heterocycles. The summed E-state index contributed by atoms with van der Waals surface area (Å²) < 4.78 is 0. The summed E-state index contributed by atoms with van der Waals surface area (Å²) in [6.07, 6.45) is 2.65. The first-order valence-electron chi connectivity index (χ1n) is 7.03. The van der Waals surface area contributed by atoms with Gasteiger partial charge < -0.3 is 5.32 Å². The third-order valence-corrected chi connectivity index (χ3v) is 4.20. The minimum Gasteiger partial charge on any atom is -0.316 e. The predicted octanol–water partition coefficient (Wildman–Crippen LogP) is 3.94. The Labute approximate surface area is 109 Å². The van der Waals surface area contributed by atoms with Gasteiger partial charge in [0.1, 0.15) is 0 Å². The quantitative estimate of drug-likeness (QED) is 0.855. The fourth-order valence-electron chi connectivity index (χ4n) is 3.22. The average Bonchev–Trinajstić information content (AvgIpc) is 2.91. The summed E-state index contributed by atoms with van der Waals surface area (Å²) in [4.78, 5) is 0. The van der Waals surface area contributed by atoms with E-state index in [1.807, 2.05) is 0 Å². The lowest BCUT2D eigenvalue weighted by Gasteiger charge is -2.18. The molecule has 0 radical (unpaired) electrons. The Kier molecular flexibility index (Phi) is 3.33. The Balaban J connectivity index is 1.88. The van der Waals surface area contributed by atoms with E-state index in [2.05, 4.69) is 54.7 Å². The average molecular weight is 239 g/mol. The molecule has 1 aliphatic rings. The highest BCUT2D eigenvalue weighted by Gasteiger charge is 2.19. The van der Waals surface area contributed by atoms with Gasteiger partial charge in [0.2, 0.25) is 0 Å². The zero-order valence-electron chi connectivity index (χ0n) is 11.0. The molecule has 3 rings (SSSR count). The van der Waals surface area contributed by atoms with Crippen LogP contribution in [0.3, 0.4) is 0 Å². The largest absolute Gasteiger partial charge is 0.316 e. The Morgan fingerprint density at radius 2 is 2.00 bits per heavy atom. The molecule has 0 bridgehead atoms. The molecule has 2 atom stereocenters. The van der Waals surface area contributed by atoms with E-state index in [9.17, 15) is 0 Å². The van der Waals surface area contributed by atoms with Gasteiger partial charge in [-0.15, -0.1) is 0 Å². The van der Waals surface area contributed by atoms with Crippen LogP contribution in [0.2, 0.25) is 0 Å². The lowest BCUT2D eigenvalue weighted by atomic mass is 9.87. The minimum absolute atomic E-state index is 0.654. The molecule has 1 heteroatoms. The smallest absolute Gasteiger partial charge is 0.00198 e. The fourth-order valence-corrected chi connectivity index (χ4v) is 3.22. The number of rotatable bonds is 3. The predicted molar refractivity (Wildman–Crippen MR) is 78.0 cm³/mol. The van der Waals surface area contributed by atoms with Gasteiger partial charge in [-0.3, -0.25) is 0 Å². The summed E-state index contributed by atoms with van der Waals surface area (Å²) in [5.74, 6) is 1.51. The number of fused-ring (bicyclic) bond motifs is 1. The van der Waals surface area contributed by atoms with Crippen molar-refractivity contribution in [3.8, 4) is 0 Å². The molecule has 1 saturated heterocycles. The van der Waals surface area contributed by atoms with Gasteiger partial charge in [0.05, 0.1) is 0 Å². The highest BCUT2D eigenvalue weighted by Crippen LogP contribution is 2.31. The van der Waals surface area contributed by atoms with E-state index in [1.165, 1.54) is 42.3 Å². The van der Waals surface area contributed by atoms with Crippen molar-refractivity contribution >= 4 is 10.8 Å². The third kappa shape index (κ3) is 2.28. The fraction of sp³-hybridized carbons (Fsp3) is 0.412. The normalized spacial score (nSPS) is 21.3. The van der Waals surface area contributed by atoms with Crippen LogP contribution in [-0.2, 0) is 0 Å². The van der Waals surface area contributed by atoms with Crippen LogP contribution in [0.15, 0.2) is 42.5 Å². The molecular formula is C17H21N. The molecule has 0 aliphatic carbocycles. The summed E-state index contributed by atoms with van der Waals surface area (Å²) in [5, 5.41) is 6.26. The molecule has 0 saturated carbocycles. The number of hydrogen-bond acceptors (Lipinski definition) is 1. The first-order valence-corrected chi connectivity index (χ1v) is 7.03. The highest BCUT2D eigenvalue weighted by molar-refractivity contribution is 5.86. The molecule has 18 heavy (non-hydrogen) atoms. The van der Waals surface area contributed by atoms with Crippen LogP contribution in [0, 0.1) is 5.92 Å². The second-order valence-electron chi connectivity index (χ2n) is 5.56. The van der Waals surface area contributed by atoms with Gasteiger partial charge in [-0.2, -0.15) is 0 Å². The first-order chi connectivity index (χ1) is 8.84. The Morgan fingerprint density at radius 1 is 1.17 bits per heavy atom. The van der Waals surface area contributed by atoms with Gasteiger partial charge in [-0.25, -0.2) is 0 Å². The lowest BCUT2D eigenvalue weighted by molar-refractivity contribution is 0.485. The third-order valence-electron chi connectivity index (χ3n) is 4.20. The molecule has 1 N–H and O–H groups in total. The summed E-state index contributed by atoms with van der Waals surface area (Å²) in [5.41, 5.74) is 1.51. The van der Waals surface area contributed by atoms with Crippen molar-refractivity contribution < 1.29 is 0 Å². The molecule has 0 amide bonds. The molecule has 1 fully saturated rings. The molecule has 1 aliphatic heterocycles. The number of benzene rings is 2. The maximum absolute atomic E-state index is 3.47. The molecule has 2 aromatic rings. The zero-order valence-corrected chi connectivity index (χ0v) is 11.0.